The SMILES string of the molecule is CN(C(=O)c1ccc2nc(-c3ccncc3)[nH]c2c1)[C@@H](CCc1ccccc1)C(=O)O. The fourth-order valence-corrected chi connectivity index (χ4v) is 3.57. The number of carbonyl (C=O) groups excluding carboxylic acids is 1. The predicted molar refractivity (Wildman–Crippen MR) is 118 cm³/mol. The number of carboxylic acids is 1. The number of imidazole rings is 1. The number of rotatable bonds is 7. The molecule has 0 saturated heterocycles. The highest BCUT2D eigenvalue weighted by molar-refractivity contribution is 5.99. The summed E-state index contributed by atoms with van der Waals surface area (Å²) >= 11 is 0. The molecule has 0 aliphatic rings. The number of hydrogen-bond acceptors (Lipinski definition) is 4. The maximum Gasteiger partial charge on any atom is 0.326 e. The lowest BCUT2D eigenvalue weighted by Crippen LogP contribution is -2.42. The number of likely N-dealkylation sites (N-methyl/N-ethyl adjacent to an activating group) is 1. The highest BCUT2D eigenvalue weighted by atomic mass is 16.4. The molecule has 0 spiro atoms. The van der Waals surface area contributed by atoms with E-state index in [1.165, 1.54) is 11.9 Å². The molecule has 0 fully saturated rings. The van der Waals surface area contributed by atoms with E-state index in [4.69, 9.17) is 0 Å². The van der Waals surface area contributed by atoms with Crippen LogP contribution >= 0.6 is 0 Å². The first-order valence-electron chi connectivity index (χ1n) is 9.97. The number of amides is 1. The van der Waals surface area contributed by atoms with Crippen LogP contribution in [0.5, 0.6) is 0 Å². The monoisotopic (exact) mass is 414 g/mol. The Bertz CT molecular complexity index is 1210. The minimum atomic E-state index is -1.02. The number of fused-ring (bicyclic) bond motifs is 1. The summed E-state index contributed by atoms with van der Waals surface area (Å²) in [7, 11) is 1.53. The van der Waals surface area contributed by atoms with Gasteiger partial charge in [0.2, 0.25) is 0 Å². The zero-order chi connectivity index (χ0) is 21.8. The number of nitrogens with one attached hydrogen (secondary N) is 1. The van der Waals surface area contributed by atoms with Gasteiger partial charge in [-0.1, -0.05) is 30.3 Å². The van der Waals surface area contributed by atoms with Crippen molar-refractivity contribution in [3.05, 3.63) is 84.2 Å². The van der Waals surface area contributed by atoms with Gasteiger partial charge in [-0.05, 0) is 48.7 Å². The van der Waals surface area contributed by atoms with Crippen molar-refractivity contribution in [2.24, 2.45) is 0 Å². The molecule has 0 saturated carbocycles. The van der Waals surface area contributed by atoms with Gasteiger partial charge in [0.05, 0.1) is 11.0 Å². The first kappa shape index (κ1) is 20.3. The van der Waals surface area contributed by atoms with Crippen LogP contribution in [0.25, 0.3) is 22.4 Å². The molecular weight excluding hydrogens is 392 g/mol. The van der Waals surface area contributed by atoms with Crippen molar-refractivity contribution in [1.82, 2.24) is 19.9 Å². The van der Waals surface area contributed by atoms with Crippen LogP contribution in [0.15, 0.2) is 73.1 Å². The third kappa shape index (κ3) is 4.45. The molecule has 7 heteroatoms. The number of carboxylic acid groups (broad SMARTS) is 1. The number of aryl methyl sites for hydroxylation is 1. The van der Waals surface area contributed by atoms with Crippen molar-refractivity contribution in [2.45, 2.75) is 18.9 Å². The van der Waals surface area contributed by atoms with Gasteiger partial charge in [0.15, 0.2) is 0 Å². The lowest BCUT2D eigenvalue weighted by Gasteiger charge is -2.25. The van der Waals surface area contributed by atoms with E-state index < -0.39 is 12.0 Å². The van der Waals surface area contributed by atoms with Crippen LogP contribution in [0, 0.1) is 0 Å². The van der Waals surface area contributed by atoms with Crippen LogP contribution in [-0.2, 0) is 11.2 Å². The van der Waals surface area contributed by atoms with Crippen molar-refractivity contribution in [2.75, 3.05) is 7.05 Å². The van der Waals surface area contributed by atoms with Crippen LogP contribution in [0.4, 0.5) is 0 Å². The molecule has 0 radical (unpaired) electrons. The van der Waals surface area contributed by atoms with E-state index in [0.29, 0.717) is 29.7 Å². The molecule has 7 nitrogen and oxygen atoms in total. The Morgan fingerprint density at radius 2 is 1.81 bits per heavy atom. The summed E-state index contributed by atoms with van der Waals surface area (Å²) in [6.45, 7) is 0. The van der Waals surface area contributed by atoms with Gasteiger partial charge in [0.25, 0.3) is 5.91 Å². The second kappa shape index (κ2) is 8.79. The van der Waals surface area contributed by atoms with Crippen molar-refractivity contribution >= 4 is 22.9 Å². The Kier molecular flexibility index (Phi) is 5.75. The van der Waals surface area contributed by atoms with E-state index in [-0.39, 0.29) is 5.91 Å². The summed E-state index contributed by atoms with van der Waals surface area (Å²) < 4.78 is 0. The standard InChI is InChI=1S/C24H22N4O3/c1-28(21(24(30)31)10-7-16-5-3-2-4-6-16)23(29)18-8-9-19-20(15-18)27-22(26-19)17-11-13-25-14-12-17/h2-6,8-9,11-15,21H,7,10H2,1H3,(H,26,27)(H,30,31)/t21-/m0/s1. The summed E-state index contributed by atoms with van der Waals surface area (Å²) in [5.74, 6) is -0.682. The molecule has 0 aliphatic carbocycles. The van der Waals surface area contributed by atoms with Gasteiger partial charge in [-0.25, -0.2) is 9.78 Å². The molecule has 0 unspecified atom stereocenters. The first-order chi connectivity index (χ1) is 15.0. The Balaban J connectivity index is 1.54. The Hall–Kier alpha value is -4.00. The highest BCUT2D eigenvalue weighted by Crippen LogP contribution is 2.22. The van der Waals surface area contributed by atoms with Gasteiger partial charge in [-0.2, -0.15) is 0 Å². The minimum Gasteiger partial charge on any atom is -0.480 e. The van der Waals surface area contributed by atoms with Crippen LogP contribution < -0.4 is 0 Å². The van der Waals surface area contributed by atoms with Crippen molar-refractivity contribution < 1.29 is 14.7 Å². The molecular formula is C24H22N4O3. The second-order valence-corrected chi connectivity index (χ2v) is 7.35. The number of H-pyrrole nitrogens is 1. The van der Waals surface area contributed by atoms with Gasteiger partial charge < -0.3 is 15.0 Å². The number of hydrogen-bond donors (Lipinski definition) is 2. The van der Waals surface area contributed by atoms with E-state index in [9.17, 15) is 14.7 Å². The molecule has 2 aromatic carbocycles. The number of benzene rings is 2. The molecule has 4 rings (SSSR count). The normalized spacial score (nSPS) is 11.9. The van der Waals surface area contributed by atoms with Crippen LogP contribution in [-0.4, -0.2) is 49.9 Å². The van der Waals surface area contributed by atoms with E-state index in [2.05, 4.69) is 15.0 Å². The Morgan fingerprint density at radius 3 is 2.52 bits per heavy atom. The molecule has 2 heterocycles. The van der Waals surface area contributed by atoms with Crippen LogP contribution in [0.2, 0.25) is 0 Å². The zero-order valence-electron chi connectivity index (χ0n) is 17.0. The van der Waals surface area contributed by atoms with E-state index >= 15 is 0 Å². The fraction of sp³-hybridized carbons (Fsp3) is 0.167. The third-order valence-corrected chi connectivity index (χ3v) is 5.30. The number of aliphatic carboxylic acids is 1. The largest absolute Gasteiger partial charge is 0.480 e. The Labute approximate surface area is 179 Å². The van der Waals surface area contributed by atoms with Crippen molar-refractivity contribution in [1.29, 1.82) is 0 Å². The van der Waals surface area contributed by atoms with Crippen LogP contribution in [0.3, 0.4) is 0 Å². The van der Waals surface area contributed by atoms with Crippen LogP contribution in [0.1, 0.15) is 22.3 Å². The molecule has 0 aliphatic heterocycles. The predicted octanol–water partition coefficient (Wildman–Crippen LogP) is 3.78. The number of nitrogens with zero attached hydrogens (tertiary/aromatic N) is 3. The van der Waals surface area contributed by atoms with E-state index in [1.54, 1.807) is 30.6 Å². The second-order valence-electron chi connectivity index (χ2n) is 7.35. The zero-order valence-corrected chi connectivity index (χ0v) is 17.0. The molecule has 4 aromatic rings. The molecule has 156 valence electrons. The quantitative estimate of drug-likeness (QED) is 0.479. The molecule has 2 aromatic heterocycles. The summed E-state index contributed by atoms with van der Waals surface area (Å²) in [6, 6.07) is 17.6. The maximum absolute atomic E-state index is 13.0. The van der Waals surface area contributed by atoms with Crippen molar-refractivity contribution in [3.8, 4) is 11.4 Å². The van der Waals surface area contributed by atoms with Gasteiger partial charge in [0.1, 0.15) is 11.9 Å². The molecule has 31 heavy (non-hydrogen) atoms. The topological polar surface area (TPSA) is 99.2 Å². The lowest BCUT2D eigenvalue weighted by molar-refractivity contribution is -0.142. The molecule has 2 N–H and O–H groups in total. The summed E-state index contributed by atoms with van der Waals surface area (Å²) in [5.41, 5.74) is 3.78. The number of aromatic amines is 1. The van der Waals surface area contributed by atoms with E-state index in [1.807, 2.05) is 42.5 Å². The molecule has 1 atom stereocenters. The van der Waals surface area contributed by atoms with Gasteiger partial charge in [0, 0.05) is 30.6 Å². The van der Waals surface area contributed by atoms with Gasteiger partial charge in [-0.3, -0.25) is 9.78 Å². The fourth-order valence-electron chi connectivity index (χ4n) is 3.57. The van der Waals surface area contributed by atoms with Gasteiger partial charge >= 0.3 is 5.97 Å². The van der Waals surface area contributed by atoms with E-state index in [0.717, 1.165) is 16.6 Å². The summed E-state index contributed by atoms with van der Waals surface area (Å²) in [6.07, 6.45) is 4.28. The maximum atomic E-state index is 13.0. The number of aromatic nitrogens is 3. The first-order valence-corrected chi connectivity index (χ1v) is 9.97. The molecule has 1 amide bonds. The van der Waals surface area contributed by atoms with Crippen molar-refractivity contribution in [3.63, 3.8) is 0 Å². The number of carbonyl (C=O) groups is 2. The summed E-state index contributed by atoms with van der Waals surface area (Å²) in [5, 5.41) is 9.70. The third-order valence-electron chi connectivity index (χ3n) is 5.30. The van der Waals surface area contributed by atoms with Gasteiger partial charge in [-0.15, -0.1) is 0 Å². The smallest absolute Gasteiger partial charge is 0.326 e. The average Bonchev–Trinajstić information content (AvgIpc) is 3.23. The number of pyridine rings is 1. The lowest BCUT2D eigenvalue weighted by atomic mass is 10.0. The minimum absolute atomic E-state index is 0.333. The summed E-state index contributed by atoms with van der Waals surface area (Å²) in [4.78, 5) is 38.0. The average molecular weight is 414 g/mol. The Morgan fingerprint density at radius 1 is 1.06 bits per heavy atom. The highest BCUT2D eigenvalue weighted by Gasteiger charge is 2.27. The molecule has 0 bridgehead atoms.